The first kappa shape index (κ1) is 19.1. The SMILES string of the molecule is O=C(COC(=O)c1c(F)cccc1F)NCCc1ccc(Cl)cc1Cl. The Balaban J connectivity index is 1.80. The van der Waals surface area contributed by atoms with E-state index in [1.807, 2.05) is 0 Å². The van der Waals surface area contributed by atoms with Crippen LogP contribution in [0, 0.1) is 11.6 Å². The average Bonchev–Trinajstić information content (AvgIpc) is 2.55. The van der Waals surface area contributed by atoms with Crippen molar-refractivity contribution >= 4 is 35.1 Å². The Morgan fingerprint density at radius 1 is 1.08 bits per heavy atom. The van der Waals surface area contributed by atoms with Crippen LogP contribution in [0.15, 0.2) is 36.4 Å². The monoisotopic (exact) mass is 387 g/mol. The molecule has 2 aromatic rings. The molecule has 0 aliphatic rings. The van der Waals surface area contributed by atoms with Gasteiger partial charge in [-0.3, -0.25) is 4.79 Å². The van der Waals surface area contributed by atoms with E-state index < -0.39 is 35.7 Å². The third kappa shape index (κ3) is 5.41. The van der Waals surface area contributed by atoms with Crippen LogP contribution in [0.1, 0.15) is 15.9 Å². The number of ether oxygens (including phenoxy) is 1. The Kier molecular flexibility index (Phi) is 6.73. The van der Waals surface area contributed by atoms with Crippen LogP contribution in [-0.2, 0) is 16.0 Å². The van der Waals surface area contributed by atoms with Crippen LogP contribution in [0.2, 0.25) is 10.0 Å². The predicted octanol–water partition coefficient (Wildman–Crippen LogP) is 3.79. The second-order valence-electron chi connectivity index (χ2n) is 5.01. The number of rotatable bonds is 6. The van der Waals surface area contributed by atoms with Crippen LogP contribution < -0.4 is 5.32 Å². The normalized spacial score (nSPS) is 10.4. The van der Waals surface area contributed by atoms with Gasteiger partial charge in [-0.2, -0.15) is 0 Å². The van der Waals surface area contributed by atoms with Crippen LogP contribution in [0.4, 0.5) is 8.78 Å². The number of hydrogen-bond acceptors (Lipinski definition) is 3. The zero-order chi connectivity index (χ0) is 18.4. The number of halogens is 4. The summed E-state index contributed by atoms with van der Waals surface area (Å²) in [6, 6.07) is 7.97. The Morgan fingerprint density at radius 3 is 2.40 bits per heavy atom. The highest BCUT2D eigenvalue weighted by molar-refractivity contribution is 6.35. The number of benzene rings is 2. The van der Waals surface area contributed by atoms with Crippen molar-refractivity contribution < 1.29 is 23.1 Å². The van der Waals surface area contributed by atoms with Gasteiger partial charge in [-0.25, -0.2) is 13.6 Å². The Bertz CT molecular complexity index is 779. The van der Waals surface area contributed by atoms with Gasteiger partial charge in [-0.1, -0.05) is 35.3 Å². The lowest BCUT2D eigenvalue weighted by molar-refractivity contribution is -0.124. The summed E-state index contributed by atoms with van der Waals surface area (Å²) >= 11 is 11.8. The van der Waals surface area contributed by atoms with Gasteiger partial charge in [0.05, 0.1) is 0 Å². The molecule has 1 amide bonds. The number of hydrogen-bond donors (Lipinski definition) is 1. The van der Waals surface area contributed by atoms with E-state index in [0.717, 1.165) is 23.8 Å². The van der Waals surface area contributed by atoms with Gasteiger partial charge in [0.15, 0.2) is 6.61 Å². The highest BCUT2D eigenvalue weighted by atomic mass is 35.5. The molecule has 0 atom stereocenters. The van der Waals surface area contributed by atoms with Crippen molar-refractivity contribution in [1.29, 1.82) is 0 Å². The summed E-state index contributed by atoms with van der Waals surface area (Å²) < 4.78 is 31.5. The summed E-state index contributed by atoms with van der Waals surface area (Å²) in [6.45, 7) is -0.410. The van der Waals surface area contributed by atoms with Crippen molar-refractivity contribution in [2.24, 2.45) is 0 Å². The van der Waals surface area contributed by atoms with Crippen molar-refractivity contribution in [3.63, 3.8) is 0 Å². The van der Waals surface area contributed by atoms with Crippen LogP contribution in [-0.4, -0.2) is 25.0 Å². The molecule has 0 aromatic heterocycles. The van der Waals surface area contributed by atoms with Gasteiger partial charge < -0.3 is 10.1 Å². The molecule has 8 heteroatoms. The maximum Gasteiger partial charge on any atom is 0.344 e. The molecule has 0 spiro atoms. The third-order valence-electron chi connectivity index (χ3n) is 3.23. The van der Waals surface area contributed by atoms with Gasteiger partial charge in [0.25, 0.3) is 5.91 Å². The number of esters is 1. The molecule has 1 N–H and O–H groups in total. The van der Waals surface area contributed by atoms with Crippen LogP contribution in [0.25, 0.3) is 0 Å². The first-order chi connectivity index (χ1) is 11.9. The zero-order valence-electron chi connectivity index (χ0n) is 12.8. The van der Waals surface area contributed by atoms with Gasteiger partial charge >= 0.3 is 5.97 Å². The first-order valence-electron chi connectivity index (χ1n) is 7.20. The van der Waals surface area contributed by atoms with Crippen molar-refractivity contribution in [3.05, 3.63) is 69.2 Å². The maximum absolute atomic E-state index is 13.4. The molecule has 4 nitrogen and oxygen atoms in total. The predicted molar refractivity (Wildman–Crippen MR) is 89.8 cm³/mol. The van der Waals surface area contributed by atoms with Gasteiger partial charge in [0, 0.05) is 16.6 Å². The molecule has 0 fully saturated rings. The van der Waals surface area contributed by atoms with Crippen molar-refractivity contribution in [2.45, 2.75) is 6.42 Å². The summed E-state index contributed by atoms with van der Waals surface area (Å²) in [7, 11) is 0. The van der Waals surface area contributed by atoms with E-state index in [9.17, 15) is 18.4 Å². The van der Waals surface area contributed by atoms with Crippen LogP contribution in [0.3, 0.4) is 0 Å². The quantitative estimate of drug-likeness (QED) is 0.767. The fraction of sp³-hybridized carbons (Fsp3) is 0.176. The molecular formula is C17H13Cl2F2NO3. The number of carbonyl (C=O) groups is 2. The Morgan fingerprint density at radius 2 is 1.76 bits per heavy atom. The Hall–Kier alpha value is -2.18. The molecule has 0 unspecified atom stereocenters. The smallest absolute Gasteiger partial charge is 0.344 e. The summed E-state index contributed by atoms with van der Waals surface area (Å²) in [5, 5.41) is 3.49. The van der Waals surface area contributed by atoms with Crippen LogP contribution in [0.5, 0.6) is 0 Å². The maximum atomic E-state index is 13.4. The lowest BCUT2D eigenvalue weighted by Gasteiger charge is -2.08. The van der Waals surface area contributed by atoms with Gasteiger partial charge in [-0.05, 0) is 36.2 Å². The van der Waals surface area contributed by atoms with Crippen molar-refractivity contribution in [2.75, 3.05) is 13.2 Å². The molecule has 0 bridgehead atoms. The lowest BCUT2D eigenvalue weighted by Crippen LogP contribution is -2.30. The summed E-state index contributed by atoms with van der Waals surface area (Å²) in [5.74, 6) is -3.95. The zero-order valence-corrected chi connectivity index (χ0v) is 14.3. The second kappa shape index (κ2) is 8.78. The minimum absolute atomic E-state index is 0.242. The minimum atomic E-state index is -1.24. The second-order valence-corrected chi connectivity index (χ2v) is 5.85. The number of amides is 1. The highest BCUT2D eigenvalue weighted by Gasteiger charge is 2.19. The topological polar surface area (TPSA) is 55.4 Å². The average molecular weight is 388 g/mol. The van der Waals surface area contributed by atoms with Gasteiger partial charge in [0.1, 0.15) is 17.2 Å². The molecule has 0 aliphatic carbocycles. The van der Waals surface area contributed by atoms with E-state index in [-0.39, 0.29) is 6.54 Å². The van der Waals surface area contributed by atoms with E-state index in [2.05, 4.69) is 10.1 Å². The summed E-state index contributed by atoms with van der Waals surface area (Å²) in [5.41, 5.74) is -0.0416. The molecule has 0 radical (unpaired) electrons. The van der Waals surface area contributed by atoms with Crippen molar-refractivity contribution in [3.8, 4) is 0 Å². The van der Waals surface area contributed by atoms with E-state index in [1.54, 1.807) is 18.2 Å². The summed E-state index contributed by atoms with van der Waals surface area (Å²) in [4.78, 5) is 23.3. The van der Waals surface area contributed by atoms with Gasteiger partial charge in [-0.15, -0.1) is 0 Å². The molecule has 2 rings (SSSR count). The van der Waals surface area contributed by atoms with E-state index >= 15 is 0 Å². The largest absolute Gasteiger partial charge is 0.452 e. The molecule has 132 valence electrons. The molecule has 25 heavy (non-hydrogen) atoms. The first-order valence-corrected chi connectivity index (χ1v) is 7.96. The fourth-order valence-corrected chi connectivity index (χ4v) is 2.51. The van der Waals surface area contributed by atoms with E-state index in [1.165, 1.54) is 0 Å². The van der Waals surface area contributed by atoms with E-state index in [4.69, 9.17) is 23.2 Å². The standard InChI is InChI=1S/C17H13Cl2F2NO3/c18-11-5-4-10(12(19)8-11)6-7-22-15(23)9-25-17(24)16-13(20)2-1-3-14(16)21/h1-5,8H,6-7,9H2,(H,22,23). The van der Waals surface area contributed by atoms with Crippen LogP contribution >= 0.6 is 23.2 Å². The molecule has 0 heterocycles. The molecule has 0 saturated carbocycles. The molecule has 0 saturated heterocycles. The molecule has 0 aliphatic heterocycles. The van der Waals surface area contributed by atoms with Gasteiger partial charge in [0.2, 0.25) is 0 Å². The third-order valence-corrected chi connectivity index (χ3v) is 3.82. The summed E-state index contributed by atoms with van der Waals surface area (Å²) in [6.07, 6.45) is 0.442. The van der Waals surface area contributed by atoms with E-state index in [0.29, 0.717) is 16.5 Å². The molecule has 2 aromatic carbocycles. The minimum Gasteiger partial charge on any atom is -0.452 e. The highest BCUT2D eigenvalue weighted by Crippen LogP contribution is 2.21. The van der Waals surface area contributed by atoms with Crippen molar-refractivity contribution in [1.82, 2.24) is 5.32 Å². The molecular weight excluding hydrogens is 375 g/mol. The number of carbonyl (C=O) groups excluding carboxylic acids is 2. The lowest BCUT2D eigenvalue weighted by atomic mass is 10.1. The fourth-order valence-electron chi connectivity index (χ4n) is 2.01. The number of nitrogens with one attached hydrogen (secondary N) is 1. The Labute approximate surface area is 152 Å².